The molecule has 0 bridgehead atoms. The maximum Gasteiger partial charge on any atom is 0.283 e. The van der Waals surface area contributed by atoms with Gasteiger partial charge in [0.05, 0.1) is 0 Å². The van der Waals surface area contributed by atoms with Crippen molar-refractivity contribution in [3.05, 3.63) is 34.6 Å². The van der Waals surface area contributed by atoms with Crippen molar-refractivity contribution in [1.29, 1.82) is 0 Å². The molecule has 0 amide bonds. The fourth-order valence-corrected chi connectivity index (χ4v) is 2.04. The van der Waals surface area contributed by atoms with Gasteiger partial charge in [0.15, 0.2) is 0 Å². The van der Waals surface area contributed by atoms with Crippen LogP contribution in [0.2, 0.25) is 0 Å². The van der Waals surface area contributed by atoms with Crippen molar-refractivity contribution >= 4 is 15.9 Å². The first-order chi connectivity index (χ1) is 9.26. The van der Waals surface area contributed by atoms with Gasteiger partial charge in [0.25, 0.3) is 5.89 Å². The molecule has 0 saturated heterocycles. The largest absolute Gasteiger partial charge is 0.345 e. The van der Waals surface area contributed by atoms with E-state index < -0.39 is 6.29 Å². The third-order valence-corrected chi connectivity index (χ3v) is 3.09. The normalized spacial score (nSPS) is 11.2. The number of rotatable bonds is 6. The summed E-state index contributed by atoms with van der Waals surface area (Å²) in [6.45, 7) is 4.79. The van der Waals surface area contributed by atoms with Crippen LogP contribution in [0.4, 0.5) is 0 Å². The molecule has 1 aromatic carbocycles. The van der Waals surface area contributed by atoms with Crippen LogP contribution in [-0.4, -0.2) is 23.4 Å². The van der Waals surface area contributed by atoms with Gasteiger partial charge in [0.1, 0.15) is 0 Å². The van der Waals surface area contributed by atoms with Crippen molar-refractivity contribution in [2.45, 2.75) is 20.1 Å². The smallest absolute Gasteiger partial charge is 0.283 e. The van der Waals surface area contributed by atoms with Gasteiger partial charge in [-0.25, -0.2) is 0 Å². The minimum Gasteiger partial charge on any atom is -0.345 e. The van der Waals surface area contributed by atoms with E-state index in [9.17, 15) is 0 Å². The minimum absolute atomic E-state index is 0.328. The van der Waals surface area contributed by atoms with E-state index in [0.717, 1.165) is 10.0 Å². The molecule has 0 N–H and O–H groups in total. The molecule has 0 spiro atoms. The molecule has 102 valence electrons. The summed E-state index contributed by atoms with van der Waals surface area (Å²) in [5.41, 5.74) is 0.865. The topological polar surface area (TPSA) is 57.4 Å². The molecule has 0 radical (unpaired) electrons. The van der Waals surface area contributed by atoms with Crippen molar-refractivity contribution in [3.63, 3.8) is 0 Å². The number of aromatic nitrogens is 2. The molecule has 0 unspecified atom stereocenters. The second-order valence-electron chi connectivity index (χ2n) is 3.68. The Kier molecular flexibility index (Phi) is 5.07. The van der Waals surface area contributed by atoms with E-state index in [2.05, 4.69) is 26.1 Å². The van der Waals surface area contributed by atoms with Gasteiger partial charge in [0, 0.05) is 23.2 Å². The Balaban J connectivity index is 2.25. The second-order valence-corrected chi connectivity index (χ2v) is 4.53. The van der Waals surface area contributed by atoms with Gasteiger partial charge < -0.3 is 14.0 Å². The Morgan fingerprint density at radius 1 is 1.21 bits per heavy atom. The Bertz CT molecular complexity index is 524. The Morgan fingerprint density at radius 3 is 2.53 bits per heavy atom. The molecule has 2 aromatic rings. The van der Waals surface area contributed by atoms with Gasteiger partial charge in [0.2, 0.25) is 12.1 Å². The van der Waals surface area contributed by atoms with Crippen molar-refractivity contribution in [1.82, 2.24) is 10.1 Å². The zero-order valence-corrected chi connectivity index (χ0v) is 12.4. The number of halogens is 1. The summed E-state index contributed by atoms with van der Waals surface area (Å²) in [5, 5.41) is 3.96. The van der Waals surface area contributed by atoms with E-state index in [1.165, 1.54) is 0 Å². The van der Waals surface area contributed by atoms with E-state index in [-0.39, 0.29) is 0 Å². The van der Waals surface area contributed by atoms with Crippen molar-refractivity contribution in [2.24, 2.45) is 0 Å². The molecule has 0 fully saturated rings. The maximum atomic E-state index is 5.42. The molecule has 2 rings (SSSR count). The highest BCUT2D eigenvalue weighted by molar-refractivity contribution is 9.10. The van der Waals surface area contributed by atoms with Crippen LogP contribution in [0.25, 0.3) is 11.4 Å². The highest BCUT2D eigenvalue weighted by Gasteiger charge is 2.20. The summed E-state index contributed by atoms with van der Waals surface area (Å²) in [6, 6.07) is 7.68. The first-order valence-electron chi connectivity index (χ1n) is 6.08. The molecule has 1 heterocycles. The van der Waals surface area contributed by atoms with E-state index >= 15 is 0 Å². The number of hydrogen-bond acceptors (Lipinski definition) is 5. The molecule has 0 atom stereocenters. The van der Waals surface area contributed by atoms with Gasteiger partial charge >= 0.3 is 0 Å². The minimum atomic E-state index is -0.612. The van der Waals surface area contributed by atoms with Crippen LogP contribution in [0.1, 0.15) is 26.0 Å². The lowest BCUT2D eigenvalue weighted by Gasteiger charge is -2.11. The third-order valence-electron chi connectivity index (χ3n) is 2.39. The molecule has 0 aliphatic rings. The first-order valence-corrected chi connectivity index (χ1v) is 6.87. The van der Waals surface area contributed by atoms with E-state index in [0.29, 0.717) is 24.9 Å². The van der Waals surface area contributed by atoms with Crippen LogP contribution >= 0.6 is 15.9 Å². The monoisotopic (exact) mass is 326 g/mol. The molecular weight excluding hydrogens is 312 g/mol. The van der Waals surface area contributed by atoms with Crippen LogP contribution < -0.4 is 0 Å². The summed E-state index contributed by atoms with van der Waals surface area (Å²) in [6.07, 6.45) is -0.612. The molecular formula is C13H15BrN2O3. The van der Waals surface area contributed by atoms with Crippen molar-refractivity contribution in [2.75, 3.05) is 13.2 Å². The molecule has 19 heavy (non-hydrogen) atoms. The average molecular weight is 327 g/mol. The maximum absolute atomic E-state index is 5.42. The summed E-state index contributed by atoms with van der Waals surface area (Å²) in [7, 11) is 0. The second kappa shape index (κ2) is 6.79. The number of hydrogen-bond donors (Lipinski definition) is 0. The first kappa shape index (κ1) is 14.2. The summed E-state index contributed by atoms with van der Waals surface area (Å²) in [4.78, 5) is 4.32. The fourth-order valence-electron chi connectivity index (χ4n) is 1.58. The molecule has 6 heteroatoms. The highest BCUT2D eigenvalue weighted by Crippen LogP contribution is 2.27. The van der Waals surface area contributed by atoms with Crippen LogP contribution in [0.3, 0.4) is 0 Å². The van der Waals surface area contributed by atoms with Crippen molar-refractivity contribution in [3.8, 4) is 11.4 Å². The summed E-state index contributed by atoms with van der Waals surface area (Å²) in [5.74, 6) is 0.835. The lowest BCUT2D eigenvalue weighted by molar-refractivity contribution is -0.155. The van der Waals surface area contributed by atoms with E-state index in [1.807, 2.05) is 38.1 Å². The summed E-state index contributed by atoms with van der Waals surface area (Å²) < 4.78 is 17.0. The van der Waals surface area contributed by atoms with Gasteiger partial charge in [-0.1, -0.05) is 33.2 Å². The number of benzene rings is 1. The van der Waals surface area contributed by atoms with Crippen LogP contribution in [0.15, 0.2) is 33.3 Å². The Morgan fingerprint density at radius 2 is 1.89 bits per heavy atom. The quantitative estimate of drug-likeness (QED) is 0.759. The zero-order valence-electron chi connectivity index (χ0n) is 10.8. The average Bonchev–Trinajstić information content (AvgIpc) is 2.88. The number of ether oxygens (including phenoxy) is 2. The standard InChI is InChI=1S/C13H15BrN2O3/c1-3-17-13(18-4-2)12-15-11(16-19-12)9-7-5-6-8-10(9)14/h5-8,13H,3-4H2,1-2H3. The van der Waals surface area contributed by atoms with Gasteiger partial charge in [-0.3, -0.25) is 0 Å². The molecule has 0 aliphatic heterocycles. The zero-order chi connectivity index (χ0) is 13.7. The molecule has 0 saturated carbocycles. The van der Waals surface area contributed by atoms with Gasteiger partial charge in [-0.15, -0.1) is 0 Å². The highest BCUT2D eigenvalue weighted by atomic mass is 79.9. The van der Waals surface area contributed by atoms with E-state index in [1.54, 1.807) is 0 Å². The van der Waals surface area contributed by atoms with E-state index in [4.69, 9.17) is 14.0 Å². The predicted octanol–water partition coefficient (Wildman–Crippen LogP) is 3.57. The Labute approximate surface area is 120 Å². The van der Waals surface area contributed by atoms with Crippen molar-refractivity contribution < 1.29 is 14.0 Å². The van der Waals surface area contributed by atoms with Gasteiger partial charge in [-0.2, -0.15) is 4.98 Å². The lowest BCUT2D eigenvalue weighted by Crippen LogP contribution is -2.09. The number of nitrogens with zero attached hydrogens (tertiary/aromatic N) is 2. The third kappa shape index (κ3) is 3.40. The Hall–Kier alpha value is -1.24. The lowest BCUT2D eigenvalue weighted by atomic mass is 10.2. The van der Waals surface area contributed by atoms with Crippen LogP contribution in [0, 0.1) is 0 Å². The van der Waals surface area contributed by atoms with Gasteiger partial charge in [-0.05, 0) is 26.0 Å². The fraction of sp³-hybridized carbons (Fsp3) is 0.385. The predicted molar refractivity (Wildman–Crippen MR) is 73.4 cm³/mol. The molecule has 5 nitrogen and oxygen atoms in total. The SMILES string of the molecule is CCOC(OCC)c1nc(-c2ccccc2Br)no1. The van der Waals surface area contributed by atoms with Crippen LogP contribution in [-0.2, 0) is 9.47 Å². The summed E-state index contributed by atoms with van der Waals surface area (Å²) >= 11 is 3.46. The molecule has 1 aromatic heterocycles. The molecule has 0 aliphatic carbocycles. The van der Waals surface area contributed by atoms with Crippen LogP contribution in [0.5, 0.6) is 0 Å².